The Morgan fingerprint density at radius 1 is 0.354 bits per heavy atom. The monoisotopic (exact) mass is 609 g/mol. The summed E-state index contributed by atoms with van der Waals surface area (Å²) in [5.41, 5.74) is 14.3. The Hall–Kier alpha value is -6.45. The molecular weight excluding hydrogens is 583 g/mol. The molecule has 3 nitrogen and oxygen atoms in total. The molecule has 0 unspecified atom stereocenters. The van der Waals surface area contributed by atoms with E-state index in [1.807, 2.05) is 12.3 Å². The second kappa shape index (κ2) is 9.54. The first kappa shape index (κ1) is 25.7. The average molecular weight is 610 g/mol. The highest BCUT2D eigenvalue weighted by atomic mass is 15.0. The van der Waals surface area contributed by atoms with Crippen molar-refractivity contribution in [1.29, 1.82) is 0 Å². The number of pyridine rings is 1. The van der Waals surface area contributed by atoms with Crippen LogP contribution in [0.2, 0.25) is 0 Å². The van der Waals surface area contributed by atoms with Gasteiger partial charge < -0.3 is 9.13 Å². The number of nitrogens with zero attached hydrogens (tertiary/aromatic N) is 3. The third kappa shape index (κ3) is 3.40. The normalized spacial score (nSPS) is 12.2. The fourth-order valence-corrected chi connectivity index (χ4v) is 8.27. The maximum absolute atomic E-state index is 4.93. The van der Waals surface area contributed by atoms with Gasteiger partial charge in [-0.1, -0.05) is 103 Å². The molecule has 0 amide bonds. The predicted molar refractivity (Wildman–Crippen MR) is 200 cm³/mol. The van der Waals surface area contributed by atoms with Gasteiger partial charge in [0.25, 0.3) is 0 Å². The molecule has 0 saturated carbocycles. The molecule has 0 N–H and O–H groups in total. The quantitative estimate of drug-likeness (QED) is 0.195. The molecule has 0 saturated heterocycles. The number of hydrogen-bond donors (Lipinski definition) is 0. The van der Waals surface area contributed by atoms with Crippen LogP contribution in [-0.4, -0.2) is 14.1 Å². The molecule has 0 atom stereocenters. The number of fused-ring (bicyclic) bond motifs is 6. The van der Waals surface area contributed by atoms with E-state index >= 15 is 0 Å². The van der Waals surface area contributed by atoms with Crippen molar-refractivity contribution in [1.82, 2.24) is 14.1 Å². The Balaban J connectivity index is 1.05. The van der Waals surface area contributed by atoms with E-state index in [1.165, 1.54) is 82.2 Å². The number of benzene rings is 7. The maximum atomic E-state index is 4.93. The first-order chi connectivity index (χ1) is 23.8. The summed E-state index contributed by atoms with van der Waals surface area (Å²) in [5, 5.41) is 7.69. The number of aromatic nitrogens is 3. The molecule has 7 aromatic carbocycles. The maximum Gasteiger partial charge on any atom is 0.0787 e. The Morgan fingerprint density at radius 3 is 1.62 bits per heavy atom. The van der Waals surface area contributed by atoms with Crippen molar-refractivity contribution < 1.29 is 0 Å². The summed E-state index contributed by atoms with van der Waals surface area (Å²) in [7, 11) is 0. The van der Waals surface area contributed by atoms with E-state index in [4.69, 9.17) is 4.98 Å². The summed E-state index contributed by atoms with van der Waals surface area (Å²) >= 11 is 0. The van der Waals surface area contributed by atoms with E-state index in [1.54, 1.807) is 0 Å². The lowest BCUT2D eigenvalue weighted by atomic mass is 9.96. The van der Waals surface area contributed by atoms with Gasteiger partial charge in [-0.05, 0) is 82.1 Å². The first-order valence-electron chi connectivity index (χ1n) is 16.5. The summed E-state index contributed by atoms with van der Waals surface area (Å²) < 4.78 is 4.79. The van der Waals surface area contributed by atoms with E-state index in [0.29, 0.717) is 0 Å². The lowest BCUT2D eigenvalue weighted by molar-refractivity contribution is 1.18. The van der Waals surface area contributed by atoms with Crippen molar-refractivity contribution in [2.75, 3.05) is 0 Å². The van der Waals surface area contributed by atoms with Gasteiger partial charge in [-0.15, -0.1) is 0 Å². The minimum absolute atomic E-state index is 1.05. The van der Waals surface area contributed by atoms with Gasteiger partial charge >= 0.3 is 0 Å². The van der Waals surface area contributed by atoms with Crippen molar-refractivity contribution in [3.8, 4) is 44.9 Å². The summed E-state index contributed by atoms with van der Waals surface area (Å²) in [6.07, 6.45) is 1.91. The van der Waals surface area contributed by atoms with Gasteiger partial charge in [-0.2, -0.15) is 0 Å². The molecule has 0 fully saturated rings. The van der Waals surface area contributed by atoms with Crippen LogP contribution in [0.1, 0.15) is 0 Å². The van der Waals surface area contributed by atoms with Crippen molar-refractivity contribution in [2.45, 2.75) is 0 Å². The average Bonchev–Trinajstić information content (AvgIpc) is 3.64. The van der Waals surface area contributed by atoms with Crippen LogP contribution in [0.25, 0.3) is 99.3 Å². The predicted octanol–water partition coefficient (Wildman–Crippen LogP) is 11.7. The first-order valence-corrected chi connectivity index (χ1v) is 16.5. The van der Waals surface area contributed by atoms with Gasteiger partial charge in [0.05, 0.1) is 27.8 Å². The van der Waals surface area contributed by atoms with Crippen LogP contribution in [-0.2, 0) is 0 Å². The van der Waals surface area contributed by atoms with E-state index in [0.717, 1.165) is 17.1 Å². The van der Waals surface area contributed by atoms with Crippen LogP contribution in [0.4, 0.5) is 0 Å². The topological polar surface area (TPSA) is 22.8 Å². The Morgan fingerprint density at radius 2 is 0.917 bits per heavy atom. The minimum atomic E-state index is 1.05. The zero-order valence-electron chi connectivity index (χ0n) is 25.9. The molecule has 1 aliphatic rings. The zero-order valence-corrected chi connectivity index (χ0v) is 25.9. The molecule has 0 spiro atoms. The lowest BCUT2D eigenvalue weighted by Crippen LogP contribution is -1.95. The third-order valence-corrected chi connectivity index (χ3v) is 10.3. The lowest BCUT2D eigenvalue weighted by Gasteiger charge is -2.13. The highest BCUT2D eigenvalue weighted by molar-refractivity contribution is 6.30. The molecule has 222 valence electrons. The van der Waals surface area contributed by atoms with Crippen molar-refractivity contribution >= 4 is 54.4 Å². The number of para-hydroxylation sites is 2. The molecular formula is C45H27N3. The van der Waals surface area contributed by atoms with Gasteiger partial charge in [0.1, 0.15) is 0 Å². The SMILES string of the molecule is c1cnc2c(c1)-c1cccc3ccc4c(c13)c1c-2cccc1n4-c1ccc(-c2ccc(-n3c4ccccc4c4ccccc43)cc2)cc1. The van der Waals surface area contributed by atoms with Gasteiger partial charge in [0, 0.05) is 50.2 Å². The van der Waals surface area contributed by atoms with Gasteiger partial charge in [0.2, 0.25) is 0 Å². The second-order valence-electron chi connectivity index (χ2n) is 12.8. The van der Waals surface area contributed by atoms with Crippen molar-refractivity contribution in [3.63, 3.8) is 0 Å². The van der Waals surface area contributed by atoms with Crippen LogP contribution in [0.5, 0.6) is 0 Å². The summed E-state index contributed by atoms with van der Waals surface area (Å²) in [4.78, 5) is 4.93. The number of hydrogen-bond acceptors (Lipinski definition) is 1. The summed E-state index contributed by atoms with van der Waals surface area (Å²) in [6.45, 7) is 0. The molecule has 3 aromatic heterocycles. The molecule has 0 radical (unpaired) electrons. The minimum Gasteiger partial charge on any atom is -0.309 e. The van der Waals surface area contributed by atoms with E-state index in [9.17, 15) is 0 Å². The molecule has 3 heterocycles. The van der Waals surface area contributed by atoms with Crippen LogP contribution in [0, 0.1) is 0 Å². The van der Waals surface area contributed by atoms with E-state index < -0.39 is 0 Å². The zero-order chi connectivity index (χ0) is 31.3. The largest absolute Gasteiger partial charge is 0.309 e. The molecule has 0 aliphatic heterocycles. The fourth-order valence-electron chi connectivity index (χ4n) is 8.27. The fraction of sp³-hybridized carbons (Fsp3) is 0. The molecule has 11 rings (SSSR count). The number of rotatable bonds is 3. The van der Waals surface area contributed by atoms with Gasteiger partial charge in [-0.25, -0.2) is 0 Å². The standard InChI is InChI=1S/C45H27N3/c1-3-14-38-33(9-1)34-10-2-4-15-39(34)47(38)31-22-17-28(18-23-31)29-19-24-32(25-20-29)48-40-16-6-12-37-43(40)44-41(48)26-21-30-8-5-11-35(42(30)44)36-13-7-27-46-45(36)37/h1-27H. The Kier molecular flexibility index (Phi) is 5.11. The van der Waals surface area contributed by atoms with Crippen molar-refractivity contribution in [2.24, 2.45) is 0 Å². The summed E-state index contributed by atoms with van der Waals surface area (Å²) in [6, 6.07) is 57.4. The second-order valence-corrected chi connectivity index (χ2v) is 12.8. The van der Waals surface area contributed by atoms with Crippen LogP contribution in [0.15, 0.2) is 164 Å². The molecule has 0 bridgehead atoms. The third-order valence-electron chi connectivity index (χ3n) is 10.3. The van der Waals surface area contributed by atoms with Crippen LogP contribution < -0.4 is 0 Å². The smallest absolute Gasteiger partial charge is 0.0787 e. The Labute approximate surface area is 276 Å². The molecule has 3 heteroatoms. The van der Waals surface area contributed by atoms with E-state index in [2.05, 4.69) is 161 Å². The van der Waals surface area contributed by atoms with Gasteiger partial charge in [0.15, 0.2) is 0 Å². The van der Waals surface area contributed by atoms with Crippen LogP contribution in [0.3, 0.4) is 0 Å². The summed E-state index contributed by atoms with van der Waals surface area (Å²) in [5.74, 6) is 0. The molecule has 1 aliphatic carbocycles. The molecule has 48 heavy (non-hydrogen) atoms. The van der Waals surface area contributed by atoms with Gasteiger partial charge in [-0.3, -0.25) is 4.98 Å². The van der Waals surface area contributed by atoms with Crippen LogP contribution >= 0.6 is 0 Å². The molecule has 10 aromatic rings. The highest BCUT2D eigenvalue weighted by Gasteiger charge is 2.25. The Bertz CT molecular complexity index is 2870. The van der Waals surface area contributed by atoms with E-state index in [-0.39, 0.29) is 0 Å². The van der Waals surface area contributed by atoms with Crippen molar-refractivity contribution in [3.05, 3.63) is 164 Å². The highest BCUT2D eigenvalue weighted by Crippen LogP contribution is 2.48.